The average Bonchev–Trinajstić information content (AvgIpc) is 2.16. The molecule has 0 fully saturated rings. The first-order chi connectivity index (χ1) is 8.50. The highest BCUT2D eigenvalue weighted by molar-refractivity contribution is 7.89. The van der Waals surface area contributed by atoms with Gasteiger partial charge in [0, 0.05) is 0 Å². The Bertz CT molecular complexity index is 593. The lowest BCUT2D eigenvalue weighted by molar-refractivity contribution is 0.0635. The second-order valence-electron chi connectivity index (χ2n) is 4.78. The van der Waals surface area contributed by atoms with Gasteiger partial charge in [-0.15, -0.1) is 0 Å². The van der Waals surface area contributed by atoms with Crippen LogP contribution in [-0.4, -0.2) is 20.1 Å². The summed E-state index contributed by atoms with van der Waals surface area (Å²) in [6.45, 7) is 4.86. The van der Waals surface area contributed by atoms with Crippen LogP contribution >= 0.6 is 0 Å². The molecule has 0 aromatic heterocycles. The van der Waals surface area contributed by atoms with Crippen LogP contribution in [-0.2, 0) is 14.8 Å². The van der Waals surface area contributed by atoms with E-state index >= 15 is 0 Å². The minimum atomic E-state index is -4.16. The van der Waals surface area contributed by atoms with Crippen molar-refractivity contribution in [3.63, 3.8) is 0 Å². The summed E-state index contributed by atoms with van der Waals surface area (Å²) in [6, 6.07) is 3.27. The van der Waals surface area contributed by atoms with Gasteiger partial charge in [-0.05, 0) is 32.9 Å². The van der Waals surface area contributed by atoms with Crippen molar-refractivity contribution in [3.8, 4) is 0 Å². The number of ether oxygens (including phenoxy) is 1. The van der Waals surface area contributed by atoms with Gasteiger partial charge in [-0.25, -0.2) is 22.7 Å². The maximum Gasteiger partial charge on any atom is 0.412 e. The molecule has 1 aromatic rings. The minimum absolute atomic E-state index is 0.515. The van der Waals surface area contributed by atoms with Crippen molar-refractivity contribution in [1.82, 2.24) is 0 Å². The molecule has 0 atom stereocenters. The molecule has 3 N–H and O–H groups in total. The molecule has 1 amide bonds. The molecule has 0 aliphatic heterocycles. The van der Waals surface area contributed by atoms with Gasteiger partial charge in [0.25, 0.3) is 0 Å². The number of halogens is 1. The highest BCUT2D eigenvalue weighted by Gasteiger charge is 2.22. The summed E-state index contributed by atoms with van der Waals surface area (Å²) < 4.78 is 41.1. The van der Waals surface area contributed by atoms with Crippen LogP contribution in [0.5, 0.6) is 0 Å². The fourth-order valence-corrected chi connectivity index (χ4v) is 1.97. The summed E-state index contributed by atoms with van der Waals surface area (Å²) in [5.74, 6) is -0.919. The lowest BCUT2D eigenvalue weighted by Gasteiger charge is -2.20. The van der Waals surface area contributed by atoms with Gasteiger partial charge in [0.2, 0.25) is 10.0 Å². The van der Waals surface area contributed by atoms with E-state index in [2.05, 4.69) is 0 Å². The fourth-order valence-electron chi connectivity index (χ4n) is 1.27. The monoisotopic (exact) mass is 290 g/mol. The van der Waals surface area contributed by atoms with Gasteiger partial charge in [-0.2, -0.15) is 0 Å². The number of carbonyl (C=O) groups excluding carboxylic acids is 1. The topological polar surface area (TPSA) is 98.5 Å². The molecule has 0 aliphatic rings. The van der Waals surface area contributed by atoms with Crippen LogP contribution < -0.4 is 10.5 Å². The Balaban J connectivity index is 3.11. The Morgan fingerprint density at radius 1 is 1.37 bits per heavy atom. The number of carbonyl (C=O) groups is 1. The number of para-hydroxylation sites is 1. The highest BCUT2D eigenvalue weighted by Crippen LogP contribution is 2.24. The third kappa shape index (κ3) is 4.49. The fraction of sp³-hybridized carbons (Fsp3) is 0.364. The van der Waals surface area contributed by atoms with Crippen molar-refractivity contribution in [3.05, 3.63) is 24.0 Å². The van der Waals surface area contributed by atoms with E-state index in [1.807, 2.05) is 5.32 Å². The second kappa shape index (κ2) is 5.14. The van der Waals surface area contributed by atoms with E-state index in [9.17, 15) is 17.6 Å². The maximum atomic E-state index is 13.6. The lowest BCUT2D eigenvalue weighted by atomic mass is 10.2. The molecule has 0 radical (unpaired) electrons. The van der Waals surface area contributed by atoms with Crippen LogP contribution in [0.4, 0.5) is 14.9 Å². The number of amides is 1. The SMILES string of the molecule is CC(C)(C)OC(=O)Nc1c(F)cccc1S(N)(=O)=O. The summed E-state index contributed by atoms with van der Waals surface area (Å²) in [5.41, 5.74) is -1.32. The summed E-state index contributed by atoms with van der Waals surface area (Å²) in [4.78, 5) is 11.0. The Labute approximate surface area is 110 Å². The van der Waals surface area contributed by atoms with Crippen LogP contribution in [0.2, 0.25) is 0 Å². The van der Waals surface area contributed by atoms with Crippen LogP contribution in [0.15, 0.2) is 23.1 Å². The first-order valence-electron chi connectivity index (χ1n) is 5.32. The first-order valence-corrected chi connectivity index (χ1v) is 6.86. The number of anilines is 1. The van der Waals surface area contributed by atoms with Gasteiger partial charge in [0.15, 0.2) is 0 Å². The van der Waals surface area contributed by atoms with Crippen molar-refractivity contribution in [2.24, 2.45) is 5.14 Å². The number of hydrogen-bond donors (Lipinski definition) is 2. The molecule has 0 bridgehead atoms. The summed E-state index contributed by atoms with van der Waals surface area (Å²) in [5, 5.41) is 6.99. The lowest BCUT2D eigenvalue weighted by Crippen LogP contribution is -2.28. The highest BCUT2D eigenvalue weighted by atomic mass is 32.2. The molecular weight excluding hydrogens is 275 g/mol. The van der Waals surface area contributed by atoms with Crippen LogP contribution in [0, 0.1) is 5.82 Å². The number of hydrogen-bond acceptors (Lipinski definition) is 4. The van der Waals surface area contributed by atoms with Gasteiger partial charge < -0.3 is 4.74 Å². The number of nitrogens with one attached hydrogen (secondary N) is 1. The summed E-state index contributed by atoms with van der Waals surface area (Å²) >= 11 is 0. The van der Waals surface area contributed by atoms with Crippen molar-refractivity contribution < 1.29 is 22.3 Å². The normalized spacial score (nSPS) is 12.1. The van der Waals surface area contributed by atoms with E-state index in [4.69, 9.17) is 9.88 Å². The van der Waals surface area contributed by atoms with E-state index < -0.39 is 38.1 Å². The smallest absolute Gasteiger partial charge is 0.412 e. The Kier molecular flexibility index (Phi) is 4.16. The van der Waals surface area contributed by atoms with Gasteiger partial charge in [-0.1, -0.05) is 6.07 Å². The second-order valence-corrected chi connectivity index (χ2v) is 6.31. The van der Waals surface area contributed by atoms with Crippen LogP contribution in [0.1, 0.15) is 20.8 Å². The predicted molar refractivity (Wildman–Crippen MR) is 67.6 cm³/mol. The molecule has 0 aliphatic carbocycles. The molecule has 0 heterocycles. The number of primary sulfonamides is 1. The summed E-state index contributed by atoms with van der Waals surface area (Å²) in [7, 11) is -4.16. The van der Waals surface area contributed by atoms with E-state index in [1.165, 1.54) is 6.07 Å². The van der Waals surface area contributed by atoms with Crippen LogP contribution in [0.25, 0.3) is 0 Å². The summed E-state index contributed by atoms with van der Waals surface area (Å²) in [6.07, 6.45) is -0.970. The zero-order valence-corrected chi connectivity index (χ0v) is 11.5. The first kappa shape index (κ1) is 15.4. The quantitative estimate of drug-likeness (QED) is 0.867. The standard InChI is InChI=1S/C11H15FN2O4S/c1-11(2,3)18-10(15)14-9-7(12)5-4-6-8(9)19(13,16)17/h4-6H,1-3H3,(H,14,15)(H2,13,16,17). The van der Waals surface area contributed by atoms with Gasteiger partial charge in [0.05, 0.1) is 5.69 Å². The maximum absolute atomic E-state index is 13.6. The molecular formula is C11H15FN2O4S. The molecule has 106 valence electrons. The molecule has 0 saturated carbocycles. The third-order valence-electron chi connectivity index (χ3n) is 1.91. The van der Waals surface area contributed by atoms with Gasteiger partial charge in [-0.3, -0.25) is 5.32 Å². The van der Waals surface area contributed by atoms with Crippen molar-refractivity contribution in [2.75, 3.05) is 5.32 Å². The van der Waals surface area contributed by atoms with E-state index in [1.54, 1.807) is 20.8 Å². The third-order valence-corrected chi connectivity index (χ3v) is 2.86. The van der Waals surface area contributed by atoms with Crippen molar-refractivity contribution in [2.45, 2.75) is 31.3 Å². The molecule has 1 aromatic carbocycles. The number of benzene rings is 1. The van der Waals surface area contributed by atoms with Crippen LogP contribution in [0.3, 0.4) is 0 Å². The molecule has 0 saturated heterocycles. The molecule has 19 heavy (non-hydrogen) atoms. The zero-order valence-electron chi connectivity index (χ0n) is 10.7. The number of nitrogens with two attached hydrogens (primary N) is 1. The predicted octanol–water partition coefficient (Wildman–Crippen LogP) is 1.82. The van der Waals surface area contributed by atoms with E-state index in [-0.39, 0.29) is 0 Å². The molecule has 0 spiro atoms. The van der Waals surface area contributed by atoms with Crippen molar-refractivity contribution in [1.29, 1.82) is 0 Å². The van der Waals surface area contributed by atoms with Gasteiger partial charge in [0.1, 0.15) is 16.3 Å². The van der Waals surface area contributed by atoms with E-state index in [0.29, 0.717) is 0 Å². The Morgan fingerprint density at radius 3 is 2.42 bits per heavy atom. The molecule has 1 rings (SSSR count). The van der Waals surface area contributed by atoms with Crippen molar-refractivity contribution >= 4 is 21.8 Å². The molecule has 0 unspecified atom stereocenters. The molecule has 8 heteroatoms. The zero-order chi connectivity index (χ0) is 14.8. The number of rotatable bonds is 2. The Morgan fingerprint density at radius 2 is 1.95 bits per heavy atom. The van der Waals surface area contributed by atoms with Gasteiger partial charge >= 0.3 is 6.09 Å². The Hall–Kier alpha value is -1.67. The molecule has 6 nitrogen and oxygen atoms in total. The van der Waals surface area contributed by atoms with E-state index in [0.717, 1.165) is 12.1 Å². The number of sulfonamides is 1. The average molecular weight is 290 g/mol. The minimum Gasteiger partial charge on any atom is -0.444 e. The largest absolute Gasteiger partial charge is 0.444 e.